The number of benzene rings is 2. The molecule has 0 amide bonds. The number of halogens is 2. The molecule has 20 heavy (non-hydrogen) atoms. The Balaban J connectivity index is 1.79. The van der Waals surface area contributed by atoms with Crippen molar-refractivity contribution >= 4 is 28.4 Å². The summed E-state index contributed by atoms with van der Waals surface area (Å²) in [6.07, 6.45) is 1.42. The Kier molecular flexibility index (Phi) is 3.32. The molecule has 1 heterocycles. The fourth-order valence-corrected chi connectivity index (χ4v) is 2.17. The average Bonchev–Trinajstić information content (AvgIpc) is 2.80. The standard InChI is InChI=1S/C15H12ClFN2O/c16-11-7-13-14(8-12(11)17)20-15(19-13)6-3-9-1-4-10(18)5-2-9/h1-2,4-5,7-8H,3,6,18H2. The number of anilines is 1. The molecule has 1 aromatic heterocycles. The van der Waals surface area contributed by atoms with Gasteiger partial charge in [-0.05, 0) is 30.2 Å². The predicted molar refractivity (Wildman–Crippen MR) is 77.2 cm³/mol. The second kappa shape index (κ2) is 5.13. The summed E-state index contributed by atoms with van der Waals surface area (Å²) in [7, 11) is 0. The Morgan fingerprint density at radius 1 is 1.15 bits per heavy atom. The van der Waals surface area contributed by atoms with Crippen LogP contribution in [0.4, 0.5) is 10.1 Å². The van der Waals surface area contributed by atoms with Crippen LogP contribution in [0.15, 0.2) is 40.8 Å². The van der Waals surface area contributed by atoms with Gasteiger partial charge in [0.15, 0.2) is 11.5 Å². The maximum Gasteiger partial charge on any atom is 0.195 e. The zero-order valence-corrected chi connectivity index (χ0v) is 11.3. The molecule has 2 aromatic carbocycles. The average molecular weight is 291 g/mol. The quantitative estimate of drug-likeness (QED) is 0.742. The smallest absolute Gasteiger partial charge is 0.195 e. The van der Waals surface area contributed by atoms with E-state index in [0.29, 0.717) is 23.4 Å². The van der Waals surface area contributed by atoms with E-state index in [-0.39, 0.29) is 5.02 Å². The third-order valence-electron chi connectivity index (χ3n) is 3.08. The van der Waals surface area contributed by atoms with Crippen LogP contribution in [0.1, 0.15) is 11.5 Å². The van der Waals surface area contributed by atoms with Crippen molar-refractivity contribution in [1.82, 2.24) is 4.98 Å². The van der Waals surface area contributed by atoms with Crippen molar-refractivity contribution in [2.45, 2.75) is 12.8 Å². The molecule has 0 fully saturated rings. The van der Waals surface area contributed by atoms with E-state index in [2.05, 4.69) is 4.98 Å². The second-order valence-corrected chi connectivity index (χ2v) is 4.99. The number of hydrogen-bond acceptors (Lipinski definition) is 3. The first-order valence-electron chi connectivity index (χ1n) is 6.21. The number of aryl methyl sites for hydroxylation is 2. The van der Waals surface area contributed by atoms with Gasteiger partial charge in [0.1, 0.15) is 11.3 Å². The lowest BCUT2D eigenvalue weighted by Gasteiger charge is -1.99. The van der Waals surface area contributed by atoms with E-state index in [1.165, 1.54) is 12.1 Å². The Morgan fingerprint density at radius 3 is 2.65 bits per heavy atom. The highest BCUT2D eigenvalue weighted by Crippen LogP contribution is 2.24. The van der Waals surface area contributed by atoms with Crippen LogP contribution in [0.25, 0.3) is 11.1 Å². The highest BCUT2D eigenvalue weighted by Gasteiger charge is 2.10. The summed E-state index contributed by atoms with van der Waals surface area (Å²) in [6, 6.07) is 10.4. The molecule has 0 bridgehead atoms. The molecule has 0 atom stereocenters. The number of fused-ring (bicyclic) bond motifs is 1. The minimum Gasteiger partial charge on any atom is -0.441 e. The van der Waals surface area contributed by atoms with Crippen LogP contribution < -0.4 is 5.73 Å². The van der Waals surface area contributed by atoms with E-state index in [9.17, 15) is 4.39 Å². The molecule has 0 aliphatic carbocycles. The molecule has 102 valence electrons. The van der Waals surface area contributed by atoms with Gasteiger partial charge in [-0.2, -0.15) is 0 Å². The molecule has 0 saturated carbocycles. The van der Waals surface area contributed by atoms with E-state index >= 15 is 0 Å². The molecular weight excluding hydrogens is 279 g/mol. The number of nitrogen functional groups attached to an aromatic ring is 1. The lowest BCUT2D eigenvalue weighted by atomic mass is 10.1. The van der Waals surface area contributed by atoms with E-state index < -0.39 is 5.82 Å². The largest absolute Gasteiger partial charge is 0.441 e. The van der Waals surface area contributed by atoms with Gasteiger partial charge in [0.2, 0.25) is 0 Å². The van der Waals surface area contributed by atoms with Crippen LogP contribution in [-0.4, -0.2) is 4.98 Å². The van der Waals surface area contributed by atoms with Gasteiger partial charge in [-0.25, -0.2) is 9.37 Å². The molecular formula is C15H12ClFN2O. The highest BCUT2D eigenvalue weighted by molar-refractivity contribution is 6.31. The van der Waals surface area contributed by atoms with Crippen LogP contribution in [0.2, 0.25) is 5.02 Å². The fraction of sp³-hybridized carbons (Fsp3) is 0.133. The zero-order valence-electron chi connectivity index (χ0n) is 10.6. The molecule has 0 radical (unpaired) electrons. The number of aromatic nitrogens is 1. The van der Waals surface area contributed by atoms with Crippen molar-refractivity contribution in [3.8, 4) is 0 Å². The molecule has 3 nitrogen and oxygen atoms in total. The number of rotatable bonds is 3. The van der Waals surface area contributed by atoms with Crippen molar-refractivity contribution in [3.05, 3.63) is 58.7 Å². The number of oxazole rings is 1. The first-order valence-corrected chi connectivity index (χ1v) is 6.58. The molecule has 0 saturated heterocycles. The van der Waals surface area contributed by atoms with Gasteiger partial charge in [0.05, 0.1) is 5.02 Å². The van der Waals surface area contributed by atoms with Gasteiger partial charge in [0.25, 0.3) is 0 Å². The lowest BCUT2D eigenvalue weighted by Crippen LogP contribution is -1.92. The zero-order chi connectivity index (χ0) is 14.1. The molecule has 2 N–H and O–H groups in total. The van der Waals surface area contributed by atoms with Crippen LogP contribution in [0.5, 0.6) is 0 Å². The first-order chi connectivity index (χ1) is 9.61. The maximum atomic E-state index is 13.3. The Labute approximate surface area is 120 Å². The van der Waals surface area contributed by atoms with Crippen LogP contribution in [-0.2, 0) is 12.8 Å². The van der Waals surface area contributed by atoms with Gasteiger partial charge in [-0.1, -0.05) is 23.7 Å². The molecule has 5 heteroatoms. The molecule has 3 aromatic rings. The van der Waals surface area contributed by atoms with E-state index in [4.69, 9.17) is 21.8 Å². The van der Waals surface area contributed by atoms with E-state index in [1.807, 2.05) is 24.3 Å². The second-order valence-electron chi connectivity index (χ2n) is 4.58. The van der Waals surface area contributed by atoms with Gasteiger partial charge in [0, 0.05) is 18.2 Å². The third kappa shape index (κ3) is 2.60. The molecule has 3 rings (SSSR count). The Bertz CT molecular complexity index is 713. The van der Waals surface area contributed by atoms with E-state index in [0.717, 1.165) is 17.7 Å². The molecule has 0 aliphatic heterocycles. The summed E-state index contributed by atoms with van der Waals surface area (Å²) < 4.78 is 18.8. The lowest BCUT2D eigenvalue weighted by molar-refractivity contribution is 0.525. The minimum atomic E-state index is -0.500. The summed E-state index contributed by atoms with van der Waals surface area (Å²) in [6.45, 7) is 0. The number of nitrogens with zero attached hydrogens (tertiary/aromatic N) is 1. The third-order valence-corrected chi connectivity index (χ3v) is 3.37. The van der Waals surface area contributed by atoms with Gasteiger partial charge in [-0.15, -0.1) is 0 Å². The van der Waals surface area contributed by atoms with Crippen molar-refractivity contribution in [1.29, 1.82) is 0 Å². The monoisotopic (exact) mass is 290 g/mol. The van der Waals surface area contributed by atoms with Crippen LogP contribution in [0.3, 0.4) is 0 Å². The van der Waals surface area contributed by atoms with Crippen LogP contribution >= 0.6 is 11.6 Å². The predicted octanol–water partition coefficient (Wildman–Crippen LogP) is 3.99. The highest BCUT2D eigenvalue weighted by atomic mass is 35.5. The van der Waals surface area contributed by atoms with Crippen molar-refractivity contribution < 1.29 is 8.81 Å². The Hall–Kier alpha value is -2.07. The van der Waals surface area contributed by atoms with Gasteiger partial charge < -0.3 is 10.2 Å². The summed E-state index contributed by atoms with van der Waals surface area (Å²) >= 11 is 5.72. The molecule has 0 aliphatic rings. The minimum absolute atomic E-state index is 0.0517. The SMILES string of the molecule is Nc1ccc(CCc2nc3cc(Cl)c(F)cc3o2)cc1. The van der Waals surface area contributed by atoms with E-state index in [1.54, 1.807) is 0 Å². The molecule has 0 spiro atoms. The summed E-state index contributed by atoms with van der Waals surface area (Å²) in [4.78, 5) is 4.30. The van der Waals surface area contributed by atoms with Crippen molar-refractivity contribution in [3.63, 3.8) is 0 Å². The maximum absolute atomic E-state index is 13.3. The fourth-order valence-electron chi connectivity index (χ4n) is 2.01. The van der Waals surface area contributed by atoms with Crippen molar-refractivity contribution in [2.24, 2.45) is 0 Å². The number of hydrogen-bond donors (Lipinski definition) is 1. The topological polar surface area (TPSA) is 52.0 Å². The van der Waals surface area contributed by atoms with Crippen LogP contribution in [0, 0.1) is 5.82 Å². The normalized spacial score (nSPS) is 11.1. The van der Waals surface area contributed by atoms with Gasteiger partial charge in [-0.3, -0.25) is 0 Å². The summed E-state index contributed by atoms with van der Waals surface area (Å²) in [5.74, 6) is 0.0684. The van der Waals surface area contributed by atoms with Crippen molar-refractivity contribution in [2.75, 3.05) is 5.73 Å². The number of nitrogens with two attached hydrogens (primary N) is 1. The first kappa shape index (κ1) is 12.9. The van der Waals surface area contributed by atoms with Gasteiger partial charge >= 0.3 is 0 Å². The summed E-state index contributed by atoms with van der Waals surface area (Å²) in [5.41, 5.74) is 8.50. The Morgan fingerprint density at radius 2 is 1.90 bits per heavy atom. The summed E-state index contributed by atoms with van der Waals surface area (Å²) in [5, 5.41) is 0.0517. The molecule has 0 unspecified atom stereocenters.